The van der Waals surface area contributed by atoms with Gasteiger partial charge in [-0.05, 0) is 37.0 Å². The average Bonchev–Trinajstić information content (AvgIpc) is 2.76. The average molecular weight is 224 g/mol. The highest BCUT2D eigenvalue weighted by Crippen LogP contribution is 2.41. The van der Waals surface area contributed by atoms with Gasteiger partial charge >= 0.3 is 0 Å². The Kier molecular flexibility index (Phi) is 2.40. The number of phenolic OH excluding ortho intramolecular Hbond substituents is 1. The van der Waals surface area contributed by atoms with Gasteiger partial charge in [0.15, 0.2) is 0 Å². The fraction of sp³-hybridized carbons (Fsp3) is 0.250. The third-order valence-electron chi connectivity index (χ3n) is 3.69. The van der Waals surface area contributed by atoms with Crippen molar-refractivity contribution in [3.05, 3.63) is 64.7 Å². The summed E-state index contributed by atoms with van der Waals surface area (Å²) >= 11 is 0. The van der Waals surface area contributed by atoms with E-state index in [1.807, 2.05) is 12.1 Å². The Hall–Kier alpha value is -1.76. The molecule has 0 radical (unpaired) electrons. The van der Waals surface area contributed by atoms with Crippen LogP contribution in [0.1, 0.15) is 34.6 Å². The van der Waals surface area contributed by atoms with Gasteiger partial charge in [0.1, 0.15) is 5.75 Å². The molecule has 1 heteroatoms. The van der Waals surface area contributed by atoms with E-state index >= 15 is 0 Å². The van der Waals surface area contributed by atoms with Crippen molar-refractivity contribution < 1.29 is 5.11 Å². The summed E-state index contributed by atoms with van der Waals surface area (Å²) < 4.78 is 0. The molecule has 0 bridgehead atoms. The third-order valence-corrected chi connectivity index (χ3v) is 3.69. The van der Waals surface area contributed by atoms with Crippen LogP contribution >= 0.6 is 0 Å². The van der Waals surface area contributed by atoms with Crippen LogP contribution in [0, 0.1) is 6.92 Å². The van der Waals surface area contributed by atoms with Crippen molar-refractivity contribution in [3.63, 3.8) is 0 Å². The highest BCUT2D eigenvalue weighted by Gasteiger charge is 2.25. The van der Waals surface area contributed by atoms with Crippen LogP contribution in [-0.4, -0.2) is 5.11 Å². The van der Waals surface area contributed by atoms with Gasteiger partial charge < -0.3 is 5.11 Å². The first kappa shape index (κ1) is 10.4. The minimum absolute atomic E-state index is 0.367. The van der Waals surface area contributed by atoms with Gasteiger partial charge in [0.05, 0.1) is 0 Å². The number of phenols is 1. The summed E-state index contributed by atoms with van der Waals surface area (Å²) in [5, 5.41) is 10.0. The number of aryl methyl sites for hydroxylation is 2. The second kappa shape index (κ2) is 3.92. The molecule has 0 amide bonds. The lowest BCUT2D eigenvalue weighted by Crippen LogP contribution is -1.97. The highest BCUT2D eigenvalue weighted by molar-refractivity contribution is 5.48. The maximum atomic E-state index is 10.0. The quantitative estimate of drug-likeness (QED) is 0.781. The molecule has 86 valence electrons. The molecule has 1 aliphatic rings. The summed E-state index contributed by atoms with van der Waals surface area (Å²) in [6, 6.07) is 14.5. The van der Waals surface area contributed by atoms with Crippen molar-refractivity contribution in [2.45, 2.75) is 25.7 Å². The van der Waals surface area contributed by atoms with Gasteiger partial charge in [0.25, 0.3) is 0 Å². The van der Waals surface area contributed by atoms with Crippen molar-refractivity contribution in [2.75, 3.05) is 0 Å². The van der Waals surface area contributed by atoms with Crippen LogP contribution < -0.4 is 0 Å². The zero-order chi connectivity index (χ0) is 11.8. The molecule has 1 unspecified atom stereocenters. The standard InChI is InChI=1S/C16H16O/c1-11-6-9-16(17)15(10-11)14-8-7-12-4-2-3-5-13(12)14/h2-6,9-10,14,17H,7-8H2,1H3. The molecule has 0 aliphatic heterocycles. The molecule has 17 heavy (non-hydrogen) atoms. The summed E-state index contributed by atoms with van der Waals surface area (Å²) in [6.07, 6.45) is 2.23. The fourth-order valence-electron chi connectivity index (χ4n) is 2.83. The van der Waals surface area contributed by atoms with Crippen LogP contribution in [0.5, 0.6) is 5.75 Å². The predicted molar refractivity (Wildman–Crippen MR) is 69.4 cm³/mol. The summed E-state index contributed by atoms with van der Waals surface area (Å²) in [5.41, 5.74) is 5.10. The first-order chi connectivity index (χ1) is 8.25. The topological polar surface area (TPSA) is 20.2 Å². The van der Waals surface area contributed by atoms with E-state index in [4.69, 9.17) is 0 Å². The van der Waals surface area contributed by atoms with Gasteiger partial charge in [-0.25, -0.2) is 0 Å². The van der Waals surface area contributed by atoms with Gasteiger partial charge in [-0.15, -0.1) is 0 Å². The Bertz CT molecular complexity index is 557. The molecule has 0 spiro atoms. The van der Waals surface area contributed by atoms with Gasteiger partial charge in [-0.1, -0.05) is 42.0 Å². The lowest BCUT2D eigenvalue weighted by atomic mass is 9.91. The molecule has 2 aromatic rings. The largest absolute Gasteiger partial charge is 0.508 e. The Morgan fingerprint density at radius 2 is 1.88 bits per heavy atom. The van der Waals surface area contributed by atoms with Gasteiger partial charge in [-0.2, -0.15) is 0 Å². The lowest BCUT2D eigenvalue weighted by Gasteiger charge is -2.14. The Morgan fingerprint density at radius 1 is 1.06 bits per heavy atom. The van der Waals surface area contributed by atoms with Crippen molar-refractivity contribution in [3.8, 4) is 5.75 Å². The Balaban J connectivity index is 2.10. The van der Waals surface area contributed by atoms with E-state index in [2.05, 4.69) is 37.3 Å². The zero-order valence-electron chi connectivity index (χ0n) is 9.98. The predicted octanol–water partition coefficient (Wildman–Crippen LogP) is 3.78. The fourth-order valence-corrected chi connectivity index (χ4v) is 2.83. The molecule has 0 saturated heterocycles. The number of aromatic hydroxyl groups is 1. The van der Waals surface area contributed by atoms with Crippen molar-refractivity contribution >= 4 is 0 Å². The molecular weight excluding hydrogens is 208 g/mol. The first-order valence-corrected chi connectivity index (χ1v) is 6.13. The summed E-state index contributed by atoms with van der Waals surface area (Å²) in [7, 11) is 0. The van der Waals surface area contributed by atoms with Crippen molar-refractivity contribution in [1.29, 1.82) is 0 Å². The van der Waals surface area contributed by atoms with E-state index in [1.54, 1.807) is 0 Å². The highest BCUT2D eigenvalue weighted by atomic mass is 16.3. The zero-order valence-corrected chi connectivity index (χ0v) is 9.98. The summed E-state index contributed by atoms with van der Waals surface area (Å²) in [5.74, 6) is 0.795. The molecule has 1 nitrogen and oxygen atoms in total. The van der Waals surface area contributed by atoms with E-state index in [0.29, 0.717) is 11.7 Å². The van der Waals surface area contributed by atoms with E-state index in [-0.39, 0.29) is 0 Å². The molecule has 0 fully saturated rings. The second-order valence-corrected chi connectivity index (χ2v) is 4.85. The minimum atomic E-state index is 0.367. The van der Waals surface area contributed by atoms with Crippen LogP contribution in [0.25, 0.3) is 0 Å². The van der Waals surface area contributed by atoms with Crippen molar-refractivity contribution in [1.82, 2.24) is 0 Å². The van der Waals surface area contributed by atoms with E-state index in [9.17, 15) is 5.11 Å². The smallest absolute Gasteiger partial charge is 0.119 e. The molecule has 0 heterocycles. The maximum Gasteiger partial charge on any atom is 0.119 e. The molecule has 2 aromatic carbocycles. The normalized spacial score (nSPS) is 18.1. The van der Waals surface area contributed by atoms with E-state index < -0.39 is 0 Å². The van der Waals surface area contributed by atoms with Crippen LogP contribution in [0.3, 0.4) is 0 Å². The number of fused-ring (bicyclic) bond motifs is 1. The van der Waals surface area contributed by atoms with Gasteiger partial charge in [0.2, 0.25) is 0 Å². The van der Waals surface area contributed by atoms with Crippen LogP contribution in [0.15, 0.2) is 42.5 Å². The third kappa shape index (κ3) is 1.72. The monoisotopic (exact) mass is 224 g/mol. The number of hydrogen-bond donors (Lipinski definition) is 1. The van der Waals surface area contributed by atoms with E-state index in [0.717, 1.165) is 18.4 Å². The summed E-state index contributed by atoms with van der Waals surface area (Å²) in [6.45, 7) is 2.07. The first-order valence-electron chi connectivity index (χ1n) is 6.13. The molecule has 0 saturated carbocycles. The molecule has 1 N–H and O–H groups in total. The molecule has 1 atom stereocenters. The van der Waals surface area contributed by atoms with Gasteiger partial charge in [-0.3, -0.25) is 0 Å². The van der Waals surface area contributed by atoms with Crippen molar-refractivity contribution in [2.24, 2.45) is 0 Å². The molecular formula is C16H16O. The SMILES string of the molecule is Cc1ccc(O)c(C2CCc3ccccc32)c1. The minimum Gasteiger partial charge on any atom is -0.508 e. The Morgan fingerprint density at radius 3 is 2.76 bits per heavy atom. The maximum absolute atomic E-state index is 10.0. The lowest BCUT2D eigenvalue weighted by molar-refractivity contribution is 0.464. The number of benzene rings is 2. The molecule has 3 rings (SSSR count). The number of rotatable bonds is 1. The molecule has 0 aromatic heterocycles. The van der Waals surface area contributed by atoms with E-state index in [1.165, 1.54) is 16.7 Å². The second-order valence-electron chi connectivity index (χ2n) is 4.85. The molecule has 1 aliphatic carbocycles. The van der Waals surface area contributed by atoms with Crippen LogP contribution in [-0.2, 0) is 6.42 Å². The van der Waals surface area contributed by atoms with Crippen LogP contribution in [0.4, 0.5) is 0 Å². The summed E-state index contributed by atoms with van der Waals surface area (Å²) in [4.78, 5) is 0. The van der Waals surface area contributed by atoms with Crippen LogP contribution in [0.2, 0.25) is 0 Å². The van der Waals surface area contributed by atoms with Gasteiger partial charge in [0, 0.05) is 11.5 Å². The number of hydrogen-bond acceptors (Lipinski definition) is 1. The Labute approximate surface area is 102 Å².